The Hall–Kier alpha value is -3.40. The summed E-state index contributed by atoms with van der Waals surface area (Å²) < 4.78 is 11.1. The van der Waals surface area contributed by atoms with Crippen LogP contribution in [0.15, 0.2) is 47.2 Å². The van der Waals surface area contributed by atoms with Gasteiger partial charge in [-0.2, -0.15) is 0 Å². The lowest BCUT2D eigenvalue weighted by atomic mass is 10.1. The molecule has 10 heteroatoms. The first kappa shape index (κ1) is 18.9. The molecule has 0 radical (unpaired) electrons. The van der Waals surface area contributed by atoms with E-state index >= 15 is 0 Å². The predicted molar refractivity (Wildman–Crippen MR) is 110 cm³/mol. The lowest BCUT2D eigenvalue weighted by Gasteiger charge is -2.15. The van der Waals surface area contributed by atoms with Crippen molar-refractivity contribution in [1.82, 2.24) is 15.3 Å². The van der Waals surface area contributed by atoms with Crippen molar-refractivity contribution < 1.29 is 19.1 Å². The Morgan fingerprint density at radius 2 is 2.17 bits per heavy atom. The number of hydrogen-bond donors (Lipinski definition) is 3. The van der Waals surface area contributed by atoms with Gasteiger partial charge in [0.2, 0.25) is 0 Å². The van der Waals surface area contributed by atoms with Crippen molar-refractivity contribution in [3.05, 3.63) is 47.2 Å². The highest BCUT2D eigenvalue weighted by molar-refractivity contribution is 9.10. The SMILES string of the molecule is COc1cc2ncnc(Nc3cccc(Br)c3)c2cc1NC(=O)[C@@H]1COC(=O)N1. The first-order valence-corrected chi connectivity index (χ1v) is 9.42. The highest BCUT2D eigenvalue weighted by Gasteiger charge is 2.29. The van der Waals surface area contributed by atoms with Crippen molar-refractivity contribution in [3.8, 4) is 5.75 Å². The lowest BCUT2D eigenvalue weighted by molar-refractivity contribution is -0.117. The largest absolute Gasteiger partial charge is 0.494 e. The van der Waals surface area contributed by atoms with E-state index in [9.17, 15) is 9.59 Å². The van der Waals surface area contributed by atoms with E-state index in [4.69, 9.17) is 9.47 Å². The van der Waals surface area contributed by atoms with Crippen LogP contribution in [0.4, 0.5) is 22.0 Å². The molecule has 1 aliphatic rings. The first-order valence-electron chi connectivity index (χ1n) is 8.63. The van der Waals surface area contributed by atoms with E-state index in [1.165, 1.54) is 13.4 Å². The number of amides is 2. The van der Waals surface area contributed by atoms with Crippen LogP contribution in [0.25, 0.3) is 10.9 Å². The van der Waals surface area contributed by atoms with E-state index in [0.717, 1.165) is 10.2 Å². The molecule has 0 unspecified atom stereocenters. The summed E-state index contributed by atoms with van der Waals surface area (Å²) in [5.41, 5.74) is 1.91. The zero-order valence-corrected chi connectivity index (χ0v) is 16.8. The number of benzene rings is 2. The molecule has 0 spiro atoms. The Labute approximate surface area is 173 Å². The first-order chi connectivity index (χ1) is 14.0. The molecule has 2 aromatic carbocycles. The van der Waals surface area contributed by atoms with Crippen LogP contribution < -0.4 is 20.7 Å². The molecule has 0 saturated carbocycles. The van der Waals surface area contributed by atoms with E-state index in [1.54, 1.807) is 12.1 Å². The van der Waals surface area contributed by atoms with Gasteiger partial charge in [-0.15, -0.1) is 0 Å². The van der Waals surface area contributed by atoms with E-state index in [2.05, 4.69) is 41.8 Å². The van der Waals surface area contributed by atoms with Crippen molar-refractivity contribution in [2.75, 3.05) is 24.4 Å². The minimum atomic E-state index is -0.769. The smallest absolute Gasteiger partial charge is 0.407 e. The Bertz CT molecular complexity index is 1110. The van der Waals surface area contributed by atoms with Gasteiger partial charge in [0.25, 0.3) is 5.91 Å². The second-order valence-electron chi connectivity index (χ2n) is 6.21. The van der Waals surface area contributed by atoms with Crippen LogP contribution in [-0.4, -0.2) is 41.7 Å². The number of anilines is 3. The van der Waals surface area contributed by atoms with Crippen LogP contribution >= 0.6 is 15.9 Å². The molecule has 1 saturated heterocycles. The highest BCUT2D eigenvalue weighted by Crippen LogP contribution is 2.33. The maximum absolute atomic E-state index is 12.5. The van der Waals surface area contributed by atoms with Gasteiger partial charge >= 0.3 is 6.09 Å². The zero-order chi connectivity index (χ0) is 20.4. The van der Waals surface area contributed by atoms with Gasteiger partial charge in [0.15, 0.2) is 0 Å². The fraction of sp³-hybridized carbons (Fsp3) is 0.158. The number of ether oxygens (including phenoxy) is 2. The minimum absolute atomic E-state index is 0.0284. The summed E-state index contributed by atoms with van der Waals surface area (Å²) in [6.07, 6.45) is 0.829. The number of rotatable bonds is 5. The standard InChI is InChI=1S/C19H16BrN5O4/c1-28-16-7-13-12(6-14(16)24-18(26)15-8-29-19(27)25-15)17(22-9-21-13)23-11-4-2-3-10(20)5-11/h2-7,9,15H,8H2,1H3,(H,24,26)(H,25,27)(H,21,22,23)/t15-/m0/s1. The summed E-state index contributed by atoms with van der Waals surface area (Å²) in [4.78, 5) is 32.3. The average Bonchev–Trinajstić information content (AvgIpc) is 3.14. The molecule has 4 rings (SSSR count). The van der Waals surface area contributed by atoms with Crippen LogP contribution in [-0.2, 0) is 9.53 Å². The molecule has 0 aliphatic carbocycles. The van der Waals surface area contributed by atoms with Crippen LogP contribution in [0.2, 0.25) is 0 Å². The fourth-order valence-electron chi connectivity index (χ4n) is 2.90. The normalized spacial score (nSPS) is 15.5. The molecule has 29 heavy (non-hydrogen) atoms. The van der Waals surface area contributed by atoms with E-state index in [-0.39, 0.29) is 6.61 Å². The minimum Gasteiger partial charge on any atom is -0.494 e. The van der Waals surface area contributed by atoms with Crippen LogP contribution in [0, 0.1) is 0 Å². The number of alkyl carbamates (subject to hydrolysis) is 1. The monoisotopic (exact) mass is 457 g/mol. The van der Waals surface area contributed by atoms with Crippen molar-refractivity contribution in [1.29, 1.82) is 0 Å². The van der Waals surface area contributed by atoms with Crippen LogP contribution in [0.3, 0.4) is 0 Å². The third-order valence-electron chi connectivity index (χ3n) is 4.29. The predicted octanol–water partition coefficient (Wildman–Crippen LogP) is 3.19. The molecule has 1 atom stereocenters. The number of nitrogens with one attached hydrogen (secondary N) is 3. The number of nitrogens with zero attached hydrogens (tertiary/aromatic N) is 2. The van der Waals surface area contributed by atoms with Gasteiger partial charge in [0.1, 0.15) is 30.5 Å². The third-order valence-corrected chi connectivity index (χ3v) is 4.78. The highest BCUT2D eigenvalue weighted by atomic mass is 79.9. The van der Waals surface area contributed by atoms with E-state index < -0.39 is 18.0 Å². The zero-order valence-electron chi connectivity index (χ0n) is 15.2. The number of halogens is 1. The number of cyclic esters (lactones) is 1. The molecule has 0 bridgehead atoms. The summed E-state index contributed by atoms with van der Waals surface area (Å²) >= 11 is 3.44. The van der Waals surface area contributed by atoms with Crippen molar-refractivity contribution in [2.45, 2.75) is 6.04 Å². The van der Waals surface area contributed by atoms with Gasteiger partial charge < -0.3 is 25.4 Å². The quantitative estimate of drug-likeness (QED) is 0.538. The molecule has 9 nitrogen and oxygen atoms in total. The van der Waals surface area contributed by atoms with Crippen molar-refractivity contribution in [3.63, 3.8) is 0 Å². The molecule has 1 fully saturated rings. The molecule has 1 aliphatic heterocycles. The van der Waals surface area contributed by atoms with E-state index in [1.807, 2.05) is 24.3 Å². The molecule has 2 amide bonds. The van der Waals surface area contributed by atoms with Crippen LogP contribution in [0.1, 0.15) is 0 Å². The molecule has 2 heterocycles. The van der Waals surface area contributed by atoms with Crippen molar-refractivity contribution in [2.24, 2.45) is 0 Å². The second-order valence-corrected chi connectivity index (χ2v) is 7.13. The van der Waals surface area contributed by atoms with Crippen molar-refractivity contribution >= 4 is 56.0 Å². The Morgan fingerprint density at radius 3 is 2.90 bits per heavy atom. The van der Waals surface area contributed by atoms with E-state index in [0.29, 0.717) is 28.2 Å². The maximum Gasteiger partial charge on any atom is 0.407 e. The molecular formula is C19H16BrN5O4. The molecule has 1 aromatic heterocycles. The van der Waals surface area contributed by atoms with Gasteiger partial charge in [-0.05, 0) is 24.3 Å². The number of fused-ring (bicyclic) bond motifs is 1. The number of methoxy groups -OCH3 is 1. The fourth-order valence-corrected chi connectivity index (χ4v) is 3.30. The summed E-state index contributed by atoms with van der Waals surface area (Å²) in [6.45, 7) is -0.0284. The third kappa shape index (κ3) is 4.06. The van der Waals surface area contributed by atoms with Gasteiger partial charge in [-0.25, -0.2) is 14.8 Å². The second kappa shape index (κ2) is 7.92. The summed E-state index contributed by atoms with van der Waals surface area (Å²) in [5.74, 6) is 0.596. The molecular weight excluding hydrogens is 442 g/mol. The average molecular weight is 458 g/mol. The number of carbonyl (C=O) groups is 2. The van der Waals surface area contributed by atoms with Gasteiger partial charge in [-0.1, -0.05) is 22.0 Å². The lowest BCUT2D eigenvalue weighted by Crippen LogP contribution is -2.38. The number of aromatic nitrogens is 2. The molecule has 3 N–H and O–H groups in total. The van der Waals surface area contributed by atoms with Crippen LogP contribution in [0.5, 0.6) is 5.75 Å². The van der Waals surface area contributed by atoms with Gasteiger partial charge in [0, 0.05) is 21.6 Å². The molecule has 3 aromatic rings. The maximum atomic E-state index is 12.5. The topological polar surface area (TPSA) is 114 Å². The number of carbonyl (C=O) groups excluding carboxylic acids is 2. The summed E-state index contributed by atoms with van der Waals surface area (Å²) in [5, 5.41) is 9.15. The van der Waals surface area contributed by atoms with Gasteiger partial charge in [-0.3, -0.25) is 4.79 Å². The Kier molecular flexibility index (Phi) is 5.17. The summed E-state index contributed by atoms with van der Waals surface area (Å²) in [7, 11) is 1.50. The Morgan fingerprint density at radius 1 is 1.31 bits per heavy atom. The Balaban J connectivity index is 1.69. The summed E-state index contributed by atoms with van der Waals surface area (Å²) in [6, 6.07) is 10.3. The van der Waals surface area contributed by atoms with Gasteiger partial charge in [0.05, 0.1) is 18.3 Å². The molecule has 148 valence electrons. The number of hydrogen-bond acceptors (Lipinski definition) is 7.